The summed E-state index contributed by atoms with van der Waals surface area (Å²) in [6, 6.07) is 4.78. The topological polar surface area (TPSA) is 32.3 Å². The molecule has 1 rings (SSSR count). The second kappa shape index (κ2) is 6.99. The van der Waals surface area contributed by atoms with Gasteiger partial charge in [0.25, 0.3) is 0 Å². The summed E-state index contributed by atoms with van der Waals surface area (Å²) >= 11 is 3.24. The van der Waals surface area contributed by atoms with Gasteiger partial charge < -0.3 is 10.4 Å². The van der Waals surface area contributed by atoms with Crippen molar-refractivity contribution in [2.75, 3.05) is 6.54 Å². The number of aliphatic hydroxyl groups is 1. The van der Waals surface area contributed by atoms with Gasteiger partial charge in [-0.15, -0.1) is 0 Å². The van der Waals surface area contributed by atoms with E-state index in [1.54, 1.807) is 0 Å². The zero-order chi connectivity index (χ0) is 12.0. The number of halogens is 2. The van der Waals surface area contributed by atoms with Crippen molar-refractivity contribution in [3.8, 4) is 0 Å². The Kier molecular flexibility index (Phi) is 5.95. The molecule has 0 heterocycles. The highest BCUT2D eigenvalue weighted by Gasteiger charge is 2.03. The average molecular weight is 290 g/mol. The Labute approximate surface area is 104 Å². The number of hydrogen-bond acceptors (Lipinski definition) is 2. The number of hydrogen-bond donors (Lipinski definition) is 2. The molecule has 0 saturated carbocycles. The van der Waals surface area contributed by atoms with Crippen LogP contribution in [0.15, 0.2) is 22.7 Å². The van der Waals surface area contributed by atoms with E-state index in [0.29, 0.717) is 13.1 Å². The van der Waals surface area contributed by atoms with Crippen LogP contribution in [0.5, 0.6) is 0 Å². The van der Waals surface area contributed by atoms with Crippen LogP contribution in [0.1, 0.15) is 25.3 Å². The van der Waals surface area contributed by atoms with Crippen molar-refractivity contribution < 1.29 is 9.50 Å². The minimum absolute atomic E-state index is 0.250. The van der Waals surface area contributed by atoms with Crippen LogP contribution in [0.25, 0.3) is 0 Å². The van der Waals surface area contributed by atoms with Gasteiger partial charge in [-0.1, -0.05) is 29.3 Å². The Hall–Kier alpha value is -0.450. The fourth-order valence-electron chi connectivity index (χ4n) is 1.53. The third-order valence-corrected chi connectivity index (χ3v) is 2.71. The molecular weight excluding hydrogens is 273 g/mol. The van der Waals surface area contributed by atoms with E-state index in [9.17, 15) is 9.50 Å². The van der Waals surface area contributed by atoms with E-state index in [-0.39, 0.29) is 11.9 Å². The van der Waals surface area contributed by atoms with Crippen molar-refractivity contribution in [1.29, 1.82) is 0 Å². The number of rotatable bonds is 6. The summed E-state index contributed by atoms with van der Waals surface area (Å²) in [5.41, 5.74) is 0.871. The maximum absolute atomic E-state index is 13.0. The molecule has 0 spiro atoms. The molecule has 0 amide bonds. The van der Waals surface area contributed by atoms with E-state index in [2.05, 4.69) is 21.2 Å². The molecule has 0 bridgehead atoms. The van der Waals surface area contributed by atoms with E-state index >= 15 is 0 Å². The fourth-order valence-corrected chi connectivity index (χ4v) is 2.04. The highest BCUT2D eigenvalue weighted by atomic mass is 79.9. The van der Waals surface area contributed by atoms with Crippen LogP contribution in [-0.4, -0.2) is 17.8 Å². The van der Waals surface area contributed by atoms with E-state index in [4.69, 9.17) is 0 Å². The quantitative estimate of drug-likeness (QED) is 0.844. The lowest BCUT2D eigenvalue weighted by Gasteiger charge is -2.10. The second-order valence-electron chi connectivity index (χ2n) is 3.85. The molecule has 90 valence electrons. The molecule has 2 nitrogen and oxygen atoms in total. The van der Waals surface area contributed by atoms with E-state index < -0.39 is 0 Å². The van der Waals surface area contributed by atoms with Crippen LogP contribution in [0, 0.1) is 5.82 Å². The predicted octanol–water partition coefficient (Wildman–Crippen LogP) is 2.84. The van der Waals surface area contributed by atoms with Crippen LogP contribution < -0.4 is 5.32 Å². The molecule has 1 unspecified atom stereocenters. The van der Waals surface area contributed by atoms with Gasteiger partial charge in [0.05, 0.1) is 6.10 Å². The monoisotopic (exact) mass is 289 g/mol. The molecule has 16 heavy (non-hydrogen) atoms. The number of nitrogens with one attached hydrogen (secondary N) is 1. The molecule has 1 atom stereocenters. The minimum Gasteiger partial charge on any atom is -0.392 e. The molecule has 2 N–H and O–H groups in total. The van der Waals surface area contributed by atoms with Crippen molar-refractivity contribution in [1.82, 2.24) is 5.32 Å². The van der Waals surface area contributed by atoms with Crippen LogP contribution in [-0.2, 0) is 6.54 Å². The molecule has 0 saturated heterocycles. The highest BCUT2D eigenvalue weighted by molar-refractivity contribution is 9.10. The van der Waals surface area contributed by atoms with Gasteiger partial charge in [0.1, 0.15) is 5.82 Å². The highest BCUT2D eigenvalue weighted by Crippen LogP contribution is 2.14. The first-order valence-electron chi connectivity index (χ1n) is 5.45. The zero-order valence-electron chi connectivity index (χ0n) is 9.34. The summed E-state index contributed by atoms with van der Waals surface area (Å²) in [5, 5.41) is 12.6. The van der Waals surface area contributed by atoms with Crippen molar-refractivity contribution >= 4 is 15.9 Å². The van der Waals surface area contributed by atoms with Gasteiger partial charge >= 0.3 is 0 Å². The normalized spacial score (nSPS) is 12.8. The molecular formula is C12H17BrFNO. The largest absolute Gasteiger partial charge is 0.392 e. The second-order valence-corrected chi connectivity index (χ2v) is 4.77. The maximum atomic E-state index is 13.0. The smallest absolute Gasteiger partial charge is 0.124 e. The van der Waals surface area contributed by atoms with E-state index in [1.165, 1.54) is 12.1 Å². The van der Waals surface area contributed by atoms with E-state index in [1.807, 2.05) is 13.0 Å². The van der Waals surface area contributed by atoms with Gasteiger partial charge in [-0.05, 0) is 30.2 Å². The molecule has 0 aliphatic heterocycles. The van der Waals surface area contributed by atoms with Crippen LogP contribution >= 0.6 is 15.9 Å². The summed E-state index contributed by atoms with van der Waals surface area (Å²) in [7, 11) is 0. The Bertz CT molecular complexity index is 313. The summed E-state index contributed by atoms with van der Waals surface area (Å²) in [4.78, 5) is 0. The van der Waals surface area contributed by atoms with Gasteiger partial charge in [0.2, 0.25) is 0 Å². The van der Waals surface area contributed by atoms with Crippen molar-refractivity contribution in [3.63, 3.8) is 0 Å². The number of aliphatic hydroxyl groups excluding tert-OH is 1. The average Bonchev–Trinajstić information content (AvgIpc) is 2.16. The molecule has 0 aliphatic rings. The first kappa shape index (κ1) is 13.6. The lowest BCUT2D eigenvalue weighted by atomic mass is 10.2. The SMILES string of the molecule is CCCC(O)CNCc1cc(F)cc(Br)c1. The summed E-state index contributed by atoms with van der Waals surface area (Å²) in [6.07, 6.45) is 1.44. The van der Waals surface area contributed by atoms with Gasteiger partial charge in [-0.25, -0.2) is 4.39 Å². The lowest BCUT2D eigenvalue weighted by Crippen LogP contribution is -2.26. The van der Waals surface area contributed by atoms with Crippen molar-refractivity contribution in [2.24, 2.45) is 0 Å². The molecule has 0 aliphatic carbocycles. The van der Waals surface area contributed by atoms with E-state index in [0.717, 1.165) is 22.9 Å². The van der Waals surface area contributed by atoms with Gasteiger partial charge in [-0.2, -0.15) is 0 Å². The first-order valence-corrected chi connectivity index (χ1v) is 6.25. The van der Waals surface area contributed by atoms with Gasteiger partial charge in [0, 0.05) is 17.6 Å². The standard InChI is InChI=1S/C12H17BrFNO/c1-2-3-12(16)8-15-7-9-4-10(13)6-11(14)5-9/h4-6,12,15-16H,2-3,7-8H2,1H3. The summed E-state index contributed by atoms with van der Waals surface area (Å²) in [5.74, 6) is -0.250. The predicted molar refractivity (Wildman–Crippen MR) is 66.7 cm³/mol. The van der Waals surface area contributed by atoms with Crippen molar-refractivity contribution in [2.45, 2.75) is 32.4 Å². The lowest BCUT2D eigenvalue weighted by molar-refractivity contribution is 0.160. The summed E-state index contributed by atoms with van der Waals surface area (Å²) in [6.45, 7) is 3.14. The first-order chi connectivity index (χ1) is 7.61. The molecule has 0 aromatic heterocycles. The molecule has 1 aromatic rings. The third kappa shape index (κ3) is 5.05. The van der Waals surface area contributed by atoms with Gasteiger partial charge in [-0.3, -0.25) is 0 Å². The summed E-state index contributed by atoms with van der Waals surface area (Å²) < 4.78 is 13.8. The van der Waals surface area contributed by atoms with Crippen LogP contribution in [0.2, 0.25) is 0 Å². The minimum atomic E-state index is -0.318. The maximum Gasteiger partial charge on any atom is 0.124 e. The van der Waals surface area contributed by atoms with Crippen LogP contribution in [0.4, 0.5) is 4.39 Å². The number of benzene rings is 1. The third-order valence-electron chi connectivity index (χ3n) is 2.25. The molecule has 0 fully saturated rings. The Morgan fingerprint density at radius 2 is 2.19 bits per heavy atom. The Balaban J connectivity index is 2.37. The molecule has 1 aromatic carbocycles. The molecule has 0 radical (unpaired) electrons. The Morgan fingerprint density at radius 3 is 2.81 bits per heavy atom. The molecule has 4 heteroatoms. The Morgan fingerprint density at radius 1 is 1.44 bits per heavy atom. The zero-order valence-corrected chi connectivity index (χ0v) is 10.9. The van der Waals surface area contributed by atoms with Gasteiger partial charge in [0.15, 0.2) is 0 Å². The van der Waals surface area contributed by atoms with Crippen LogP contribution in [0.3, 0.4) is 0 Å². The van der Waals surface area contributed by atoms with Crippen molar-refractivity contribution in [3.05, 3.63) is 34.1 Å². The fraction of sp³-hybridized carbons (Fsp3) is 0.500.